The number of halogens is 1. The molecule has 0 amide bonds. The minimum atomic E-state index is 0.945. The monoisotopic (exact) mass is 224 g/mol. The van der Waals surface area contributed by atoms with Gasteiger partial charge in [0.15, 0.2) is 0 Å². The van der Waals surface area contributed by atoms with Crippen LogP contribution in [0.1, 0.15) is 18.1 Å². The summed E-state index contributed by atoms with van der Waals surface area (Å²) in [5.74, 6) is 0. The third-order valence-corrected chi connectivity index (χ3v) is 2.59. The maximum atomic E-state index is 3.42. The maximum Gasteiger partial charge on any atom is 0.0242 e. The van der Waals surface area contributed by atoms with E-state index in [0.29, 0.717) is 0 Å². The molecule has 0 nitrogen and oxygen atoms in total. The SMILES string of the molecule is C/C(=C\c1ccc(C)cc1)CBr. The van der Waals surface area contributed by atoms with Crippen molar-refractivity contribution in [2.75, 3.05) is 5.33 Å². The average molecular weight is 225 g/mol. The van der Waals surface area contributed by atoms with Crippen LogP contribution in [-0.2, 0) is 0 Å². The second-order valence-electron chi connectivity index (χ2n) is 3.04. The van der Waals surface area contributed by atoms with E-state index in [9.17, 15) is 0 Å². The van der Waals surface area contributed by atoms with E-state index in [1.54, 1.807) is 0 Å². The van der Waals surface area contributed by atoms with Crippen molar-refractivity contribution in [1.29, 1.82) is 0 Å². The van der Waals surface area contributed by atoms with Crippen LogP contribution in [0.15, 0.2) is 29.8 Å². The lowest BCUT2D eigenvalue weighted by Gasteiger charge is -1.96. The first-order valence-electron chi connectivity index (χ1n) is 4.02. The summed E-state index contributed by atoms with van der Waals surface area (Å²) in [5, 5.41) is 0.945. The van der Waals surface area contributed by atoms with Crippen LogP contribution in [0.25, 0.3) is 6.08 Å². The molecule has 0 saturated carbocycles. The predicted molar refractivity (Wildman–Crippen MR) is 58.6 cm³/mol. The summed E-state index contributed by atoms with van der Waals surface area (Å²) < 4.78 is 0. The van der Waals surface area contributed by atoms with Gasteiger partial charge in [0.25, 0.3) is 0 Å². The lowest BCUT2D eigenvalue weighted by atomic mass is 10.1. The van der Waals surface area contributed by atoms with Crippen LogP contribution in [0.2, 0.25) is 0 Å². The molecule has 0 aliphatic rings. The minimum Gasteiger partial charge on any atom is -0.0880 e. The summed E-state index contributed by atoms with van der Waals surface area (Å²) in [6.07, 6.45) is 2.19. The summed E-state index contributed by atoms with van der Waals surface area (Å²) in [6, 6.07) is 8.55. The van der Waals surface area contributed by atoms with Gasteiger partial charge in [-0.3, -0.25) is 0 Å². The minimum absolute atomic E-state index is 0.945. The van der Waals surface area contributed by atoms with Crippen molar-refractivity contribution in [1.82, 2.24) is 0 Å². The van der Waals surface area contributed by atoms with E-state index < -0.39 is 0 Å². The molecule has 1 rings (SSSR count). The van der Waals surface area contributed by atoms with Crippen LogP contribution in [0.5, 0.6) is 0 Å². The Morgan fingerprint density at radius 2 is 1.92 bits per heavy atom. The normalized spacial score (nSPS) is 11.8. The van der Waals surface area contributed by atoms with Crippen molar-refractivity contribution < 1.29 is 0 Å². The van der Waals surface area contributed by atoms with Gasteiger partial charge in [0, 0.05) is 5.33 Å². The van der Waals surface area contributed by atoms with Crippen LogP contribution in [0.4, 0.5) is 0 Å². The fourth-order valence-electron chi connectivity index (χ4n) is 0.986. The van der Waals surface area contributed by atoms with Gasteiger partial charge in [-0.1, -0.05) is 57.4 Å². The van der Waals surface area contributed by atoms with E-state index in [1.165, 1.54) is 16.7 Å². The van der Waals surface area contributed by atoms with E-state index in [4.69, 9.17) is 0 Å². The number of alkyl halides is 1. The summed E-state index contributed by atoms with van der Waals surface area (Å²) in [7, 11) is 0. The molecule has 0 aliphatic carbocycles. The highest BCUT2D eigenvalue weighted by atomic mass is 79.9. The van der Waals surface area contributed by atoms with E-state index in [2.05, 4.69) is 60.1 Å². The zero-order chi connectivity index (χ0) is 8.97. The molecule has 0 fully saturated rings. The Kier molecular flexibility index (Phi) is 3.54. The molecule has 1 heteroatoms. The van der Waals surface area contributed by atoms with Crippen molar-refractivity contribution in [2.24, 2.45) is 0 Å². The van der Waals surface area contributed by atoms with E-state index in [1.807, 2.05) is 0 Å². The standard InChI is InChI=1S/C11H13Br/c1-9-3-5-11(6-4-9)7-10(2)8-12/h3-7H,8H2,1-2H3/b10-7+. The van der Waals surface area contributed by atoms with Gasteiger partial charge in [-0.05, 0) is 19.4 Å². The second-order valence-corrected chi connectivity index (χ2v) is 3.60. The molecular formula is C11H13Br. The third-order valence-electron chi connectivity index (χ3n) is 1.70. The smallest absolute Gasteiger partial charge is 0.0242 e. The molecule has 0 bridgehead atoms. The van der Waals surface area contributed by atoms with Gasteiger partial charge in [0.05, 0.1) is 0 Å². The number of hydrogen-bond acceptors (Lipinski definition) is 0. The quantitative estimate of drug-likeness (QED) is 0.671. The molecule has 64 valence electrons. The fraction of sp³-hybridized carbons (Fsp3) is 0.273. The van der Waals surface area contributed by atoms with Crippen LogP contribution in [0, 0.1) is 6.92 Å². The van der Waals surface area contributed by atoms with Crippen LogP contribution in [0.3, 0.4) is 0 Å². The van der Waals surface area contributed by atoms with Gasteiger partial charge < -0.3 is 0 Å². The Hall–Kier alpha value is -0.560. The molecule has 0 atom stereocenters. The van der Waals surface area contributed by atoms with Crippen molar-refractivity contribution in [2.45, 2.75) is 13.8 Å². The zero-order valence-corrected chi connectivity index (χ0v) is 9.06. The molecule has 12 heavy (non-hydrogen) atoms. The van der Waals surface area contributed by atoms with E-state index in [0.717, 1.165) is 5.33 Å². The number of hydrogen-bond donors (Lipinski definition) is 0. The van der Waals surface area contributed by atoms with Crippen LogP contribution >= 0.6 is 15.9 Å². The Bertz CT molecular complexity index is 270. The van der Waals surface area contributed by atoms with Crippen molar-refractivity contribution in [3.8, 4) is 0 Å². The predicted octanol–water partition coefficient (Wildman–Crippen LogP) is 3.79. The van der Waals surface area contributed by atoms with Gasteiger partial charge in [-0.25, -0.2) is 0 Å². The highest BCUT2D eigenvalue weighted by Crippen LogP contribution is 2.09. The lowest BCUT2D eigenvalue weighted by Crippen LogP contribution is -1.78. The first-order chi connectivity index (χ1) is 5.72. The van der Waals surface area contributed by atoms with Crippen LogP contribution in [-0.4, -0.2) is 5.33 Å². The zero-order valence-electron chi connectivity index (χ0n) is 7.47. The second kappa shape index (κ2) is 4.46. The Morgan fingerprint density at radius 1 is 1.33 bits per heavy atom. The maximum absolute atomic E-state index is 3.42. The Morgan fingerprint density at radius 3 is 2.42 bits per heavy atom. The third kappa shape index (κ3) is 2.82. The molecular weight excluding hydrogens is 212 g/mol. The van der Waals surface area contributed by atoms with Gasteiger partial charge in [-0.2, -0.15) is 0 Å². The molecule has 1 aromatic carbocycles. The van der Waals surface area contributed by atoms with Crippen molar-refractivity contribution >= 4 is 22.0 Å². The molecule has 0 saturated heterocycles. The van der Waals surface area contributed by atoms with Gasteiger partial charge in [-0.15, -0.1) is 0 Å². The van der Waals surface area contributed by atoms with Crippen molar-refractivity contribution in [3.63, 3.8) is 0 Å². The molecule has 0 spiro atoms. The molecule has 0 heterocycles. The highest BCUT2D eigenvalue weighted by Gasteiger charge is 1.88. The first kappa shape index (κ1) is 9.53. The Labute approximate surface area is 82.4 Å². The molecule has 0 aliphatic heterocycles. The molecule has 0 radical (unpaired) electrons. The largest absolute Gasteiger partial charge is 0.0880 e. The number of rotatable bonds is 2. The van der Waals surface area contributed by atoms with Crippen molar-refractivity contribution in [3.05, 3.63) is 41.0 Å². The number of allylic oxidation sites excluding steroid dienone is 1. The van der Waals surface area contributed by atoms with E-state index in [-0.39, 0.29) is 0 Å². The fourth-order valence-corrected chi connectivity index (χ4v) is 1.15. The lowest BCUT2D eigenvalue weighted by molar-refractivity contribution is 1.43. The summed E-state index contributed by atoms with van der Waals surface area (Å²) in [4.78, 5) is 0. The number of benzene rings is 1. The van der Waals surface area contributed by atoms with Gasteiger partial charge >= 0.3 is 0 Å². The topological polar surface area (TPSA) is 0 Å². The van der Waals surface area contributed by atoms with E-state index >= 15 is 0 Å². The van der Waals surface area contributed by atoms with Gasteiger partial charge in [0.1, 0.15) is 0 Å². The summed E-state index contributed by atoms with van der Waals surface area (Å²) >= 11 is 3.42. The van der Waals surface area contributed by atoms with Gasteiger partial charge in [0.2, 0.25) is 0 Å². The molecule has 0 unspecified atom stereocenters. The average Bonchev–Trinajstić information content (AvgIpc) is 2.09. The van der Waals surface area contributed by atoms with Crippen LogP contribution < -0.4 is 0 Å². The summed E-state index contributed by atoms with van der Waals surface area (Å²) in [6.45, 7) is 4.22. The first-order valence-corrected chi connectivity index (χ1v) is 5.14. The molecule has 1 aromatic rings. The molecule has 0 N–H and O–H groups in total. The summed E-state index contributed by atoms with van der Waals surface area (Å²) in [5.41, 5.74) is 3.93. The highest BCUT2D eigenvalue weighted by molar-refractivity contribution is 9.09. The molecule has 0 aromatic heterocycles. The Balaban J connectivity index is 2.84. The number of aryl methyl sites for hydroxylation is 1.